The minimum absolute atomic E-state index is 0.147. The van der Waals surface area contributed by atoms with Crippen LogP contribution in [-0.4, -0.2) is 45.4 Å². The summed E-state index contributed by atoms with van der Waals surface area (Å²) in [4.78, 5) is 22.2. The Morgan fingerprint density at radius 1 is 1.46 bits per heavy atom. The molecule has 1 saturated carbocycles. The molecule has 2 heterocycles. The largest absolute Gasteiger partial charge is 0.339 e. The SMILES string of the molecule is CN(Cc1noc(C2CCC2)n1)C(=O)NCCSc1ccccn1. The van der Waals surface area contributed by atoms with Crippen LogP contribution in [0.25, 0.3) is 0 Å². The summed E-state index contributed by atoms with van der Waals surface area (Å²) in [5, 5.41) is 7.79. The van der Waals surface area contributed by atoms with Crippen LogP contribution in [-0.2, 0) is 6.54 Å². The third-order valence-corrected chi connectivity index (χ3v) is 4.87. The van der Waals surface area contributed by atoms with Crippen LogP contribution in [0.15, 0.2) is 33.9 Å². The van der Waals surface area contributed by atoms with Crippen molar-refractivity contribution in [2.24, 2.45) is 0 Å². The number of carbonyl (C=O) groups is 1. The van der Waals surface area contributed by atoms with E-state index in [2.05, 4.69) is 20.4 Å². The monoisotopic (exact) mass is 347 g/mol. The van der Waals surface area contributed by atoms with Gasteiger partial charge in [0.2, 0.25) is 5.89 Å². The third kappa shape index (κ3) is 4.47. The zero-order valence-corrected chi connectivity index (χ0v) is 14.5. The van der Waals surface area contributed by atoms with E-state index < -0.39 is 0 Å². The molecule has 128 valence electrons. The zero-order valence-electron chi connectivity index (χ0n) is 13.6. The average Bonchev–Trinajstić information content (AvgIpc) is 2.98. The van der Waals surface area contributed by atoms with E-state index in [1.807, 2.05) is 18.2 Å². The second kappa shape index (κ2) is 8.14. The standard InChI is InChI=1S/C16H21N5O2S/c1-21(11-13-19-15(23-20-13)12-5-4-6-12)16(22)18-9-10-24-14-7-2-3-8-17-14/h2-3,7-8,12H,4-6,9-11H2,1H3,(H,18,22). The number of amides is 2. The third-order valence-electron chi connectivity index (χ3n) is 3.93. The van der Waals surface area contributed by atoms with Crippen molar-refractivity contribution >= 4 is 17.8 Å². The molecule has 0 spiro atoms. The maximum atomic E-state index is 12.1. The van der Waals surface area contributed by atoms with E-state index in [1.165, 1.54) is 6.42 Å². The van der Waals surface area contributed by atoms with Gasteiger partial charge in [0.05, 0.1) is 11.6 Å². The average molecular weight is 347 g/mol. The quantitative estimate of drug-likeness (QED) is 0.612. The molecule has 0 radical (unpaired) electrons. The number of nitrogens with one attached hydrogen (secondary N) is 1. The van der Waals surface area contributed by atoms with Gasteiger partial charge in [-0.25, -0.2) is 9.78 Å². The van der Waals surface area contributed by atoms with E-state index in [-0.39, 0.29) is 6.03 Å². The summed E-state index contributed by atoms with van der Waals surface area (Å²) in [5.74, 6) is 2.44. The van der Waals surface area contributed by atoms with E-state index in [9.17, 15) is 4.79 Å². The van der Waals surface area contributed by atoms with Gasteiger partial charge in [-0.2, -0.15) is 4.98 Å². The Kier molecular flexibility index (Phi) is 5.68. The molecule has 1 N–H and O–H groups in total. The Labute approximate surface area is 145 Å². The van der Waals surface area contributed by atoms with Gasteiger partial charge in [0.25, 0.3) is 0 Å². The molecule has 1 aliphatic rings. The maximum absolute atomic E-state index is 12.1. The Bertz CT molecular complexity index is 659. The molecule has 0 atom stereocenters. The van der Waals surface area contributed by atoms with E-state index >= 15 is 0 Å². The molecule has 0 aromatic carbocycles. The summed E-state index contributed by atoms with van der Waals surface area (Å²) in [6, 6.07) is 5.64. The lowest BCUT2D eigenvalue weighted by Gasteiger charge is -2.20. The number of aromatic nitrogens is 3. The Morgan fingerprint density at radius 3 is 3.04 bits per heavy atom. The molecule has 0 unspecified atom stereocenters. The number of rotatable bonds is 7. The van der Waals surface area contributed by atoms with Crippen LogP contribution in [0.3, 0.4) is 0 Å². The number of pyridine rings is 1. The number of nitrogens with zero attached hydrogens (tertiary/aromatic N) is 4. The second-order valence-electron chi connectivity index (χ2n) is 5.78. The first kappa shape index (κ1) is 16.8. The molecule has 1 fully saturated rings. The molecule has 2 aromatic rings. The number of thioether (sulfide) groups is 1. The van der Waals surface area contributed by atoms with Crippen molar-refractivity contribution in [3.8, 4) is 0 Å². The fourth-order valence-electron chi connectivity index (χ4n) is 2.32. The molecule has 1 aliphatic carbocycles. The van der Waals surface area contributed by atoms with Gasteiger partial charge in [-0.1, -0.05) is 17.6 Å². The highest BCUT2D eigenvalue weighted by molar-refractivity contribution is 7.99. The molecule has 2 amide bonds. The van der Waals surface area contributed by atoms with Crippen molar-refractivity contribution in [1.29, 1.82) is 0 Å². The van der Waals surface area contributed by atoms with E-state index in [1.54, 1.807) is 29.9 Å². The molecule has 3 rings (SSSR count). The number of hydrogen-bond acceptors (Lipinski definition) is 6. The van der Waals surface area contributed by atoms with Gasteiger partial charge in [-0.05, 0) is 25.0 Å². The number of urea groups is 1. The highest BCUT2D eigenvalue weighted by atomic mass is 32.2. The molecule has 0 aliphatic heterocycles. The van der Waals surface area contributed by atoms with Crippen molar-refractivity contribution in [2.75, 3.05) is 19.3 Å². The minimum atomic E-state index is -0.147. The fraction of sp³-hybridized carbons (Fsp3) is 0.500. The Hall–Kier alpha value is -2.09. The van der Waals surface area contributed by atoms with E-state index in [4.69, 9.17) is 4.52 Å². The molecule has 0 saturated heterocycles. The highest BCUT2D eigenvalue weighted by Gasteiger charge is 2.25. The first-order valence-electron chi connectivity index (χ1n) is 8.07. The number of hydrogen-bond donors (Lipinski definition) is 1. The molecule has 7 nitrogen and oxygen atoms in total. The summed E-state index contributed by atoms with van der Waals surface area (Å²) < 4.78 is 5.27. The topological polar surface area (TPSA) is 84.2 Å². The van der Waals surface area contributed by atoms with Gasteiger partial charge in [0, 0.05) is 31.5 Å². The summed E-state index contributed by atoms with van der Waals surface area (Å²) >= 11 is 1.61. The van der Waals surface area contributed by atoms with Crippen LogP contribution < -0.4 is 5.32 Å². The summed E-state index contributed by atoms with van der Waals surface area (Å²) in [6.45, 7) is 0.916. The highest BCUT2D eigenvalue weighted by Crippen LogP contribution is 2.35. The van der Waals surface area contributed by atoms with Gasteiger partial charge in [0.1, 0.15) is 0 Å². The lowest BCUT2D eigenvalue weighted by molar-refractivity contribution is 0.206. The smallest absolute Gasteiger partial charge is 0.317 e. The van der Waals surface area contributed by atoms with Crippen LogP contribution >= 0.6 is 11.8 Å². The van der Waals surface area contributed by atoms with Crippen molar-refractivity contribution in [3.63, 3.8) is 0 Å². The van der Waals surface area contributed by atoms with Crippen molar-refractivity contribution in [2.45, 2.75) is 36.8 Å². The Morgan fingerprint density at radius 2 is 2.33 bits per heavy atom. The van der Waals surface area contributed by atoms with Crippen molar-refractivity contribution in [3.05, 3.63) is 36.1 Å². The van der Waals surface area contributed by atoms with Gasteiger partial charge >= 0.3 is 6.03 Å². The number of carbonyl (C=O) groups excluding carboxylic acids is 1. The van der Waals surface area contributed by atoms with E-state index in [0.29, 0.717) is 30.7 Å². The Balaban J connectivity index is 1.37. The van der Waals surface area contributed by atoms with Gasteiger partial charge in [-0.3, -0.25) is 0 Å². The van der Waals surface area contributed by atoms with Crippen LogP contribution in [0.1, 0.15) is 36.9 Å². The molecule has 8 heteroatoms. The normalized spacial score (nSPS) is 14.2. The summed E-state index contributed by atoms with van der Waals surface area (Å²) in [6.07, 6.45) is 5.22. The first-order chi connectivity index (χ1) is 11.7. The van der Waals surface area contributed by atoms with Gasteiger partial charge in [0.15, 0.2) is 5.82 Å². The molecular weight excluding hydrogens is 326 g/mol. The van der Waals surface area contributed by atoms with Crippen LogP contribution in [0.2, 0.25) is 0 Å². The predicted octanol–water partition coefficient (Wildman–Crippen LogP) is 2.67. The molecule has 0 bridgehead atoms. The fourth-order valence-corrected chi connectivity index (χ4v) is 3.04. The van der Waals surface area contributed by atoms with E-state index in [0.717, 1.165) is 23.6 Å². The summed E-state index contributed by atoms with van der Waals surface area (Å²) in [7, 11) is 1.72. The predicted molar refractivity (Wildman–Crippen MR) is 90.7 cm³/mol. The molecule has 24 heavy (non-hydrogen) atoms. The van der Waals surface area contributed by atoms with Crippen LogP contribution in [0.5, 0.6) is 0 Å². The first-order valence-corrected chi connectivity index (χ1v) is 9.06. The van der Waals surface area contributed by atoms with Gasteiger partial charge < -0.3 is 14.7 Å². The second-order valence-corrected chi connectivity index (χ2v) is 6.90. The maximum Gasteiger partial charge on any atom is 0.317 e. The molecular formula is C16H21N5O2S. The zero-order chi connectivity index (χ0) is 16.8. The van der Waals surface area contributed by atoms with Crippen molar-refractivity contribution < 1.29 is 9.32 Å². The van der Waals surface area contributed by atoms with Crippen molar-refractivity contribution in [1.82, 2.24) is 25.3 Å². The lowest BCUT2D eigenvalue weighted by atomic mass is 9.85. The summed E-state index contributed by atoms with van der Waals surface area (Å²) in [5.41, 5.74) is 0. The lowest BCUT2D eigenvalue weighted by Crippen LogP contribution is -2.38. The molecule has 2 aromatic heterocycles. The van der Waals surface area contributed by atoms with Crippen LogP contribution in [0.4, 0.5) is 4.79 Å². The van der Waals surface area contributed by atoms with Gasteiger partial charge in [-0.15, -0.1) is 11.8 Å². The van der Waals surface area contributed by atoms with Crippen LogP contribution in [0, 0.1) is 0 Å². The minimum Gasteiger partial charge on any atom is -0.339 e.